The Labute approximate surface area is 109 Å². The lowest BCUT2D eigenvalue weighted by atomic mass is 9.94. The molecule has 1 fully saturated rings. The molecule has 1 amide bonds. The molecule has 2 rings (SSSR count). The third-order valence-electron chi connectivity index (χ3n) is 3.63. The highest BCUT2D eigenvalue weighted by Crippen LogP contribution is 2.17. The molecule has 1 aliphatic rings. The summed E-state index contributed by atoms with van der Waals surface area (Å²) in [5.74, 6) is 0.245. The van der Waals surface area contributed by atoms with E-state index in [1.54, 1.807) is 0 Å². The minimum absolute atomic E-state index is 0.103. The number of benzene rings is 1. The van der Waals surface area contributed by atoms with Gasteiger partial charge in [0.2, 0.25) is 5.91 Å². The average Bonchev–Trinajstić information content (AvgIpc) is 2.39. The number of hydrogen-bond acceptors (Lipinski definition) is 2. The molecule has 0 bridgehead atoms. The third kappa shape index (κ3) is 3.33. The van der Waals surface area contributed by atoms with Crippen LogP contribution in [-0.2, 0) is 11.2 Å². The molecule has 3 nitrogen and oxygen atoms in total. The average molecular weight is 246 g/mol. The fourth-order valence-electron chi connectivity index (χ4n) is 2.34. The Balaban J connectivity index is 1.94. The zero-order valence-electron chi connectivity index (χ0n) is 11.2. The summed E-state index contributed by atoms with van der Waals surface area (Å²) >= 11 is 0. The number of hydrogen-bond donors (Lipinski definition) is 2. The monoisotopic (exact) mass is 246 g/mol. The summed E-state index contributed by atoms with van der Waals surface area (Å²) in [5.41, 5.74) is 2.17. The van der Waals surface area contributed by atoms with Crippen LogP contribution in [0, 0.1) is 5.92 Å². The van der Waals surface area contributed by atoms with Gasteiger partial charge in [-0.05, 0) is 43.9 Å². The topological polar surface area (TPSA) is 41.1 Å². The second-order valence-corrected chi connectivity index (χ2v) is 5.13. The van der Waals surface area contributed by atoms with Gasteiger partial charge in [-0.2, -0.15) is 0 Å². The first-order valence-corrected chi connectivity index (χ1v) is 6.82. The molecule has 18 heavy (non-hydrogen) atoms. The van der Waals surface area contributed by atoms with Crippen molar-refractivity contribution in [1.82, 2.24) is 5.32 Å². The zero-order chi connectivity index (χ0) is 13.0. The van der Waals surface area contributed by atoms with Gasteiger partial charge < -0.3 is 10.6 Å². The second kappa shape index (κ2) is 6.01. The molecule has 1 heterocycles. The van der Waals surface area contributed by atoms with Crippen LogP contribution in [0.15, 0.2) is 24.3 Å². The molecular weight excluding hydrogens is 224 g/mol. The Morgan fingerprint density at radius 2 is 2.28 bits per heavy atom. The highest BCUT2D eigenvalue weighted by Gasteiger charge is 2.23. The van der Waals surface area contributed by atoms with Gasteiger partial charge >= 0.3 is 0 Å². The standard InChI is InChI=1S/C15H22N2O/c1-3-12-5-4-6-14(9-12)17-15(18)13-8-7-11(2)16-10-13/h4-6,9,11,13,16H,3,7-8,10H2,1-2H3,(H,17,18). The number of nitrogens with one attached hydrogen (secondary N) is 2. The van der Waals surface area contributed by atoms with Gasteiger partial charge in [-0.1, -0.05) is 19.1 Å². The zero-order valence-corrected chi connectivity index (χ0v) is 11.2. The molecule has 2 atom stereocenters. The summed E-state index contributed by atoms with van der Waals surface area (Å²) in [5, 5.41) is 6.38. The molecule has 0 spiro atoms. The van der Waals surface area contributed by atoms with Crippen molar-refractivity contribution < 1.29 is 4.79 Å². The van der Waals surface area contributed by atoms with Gasteiger partial charge in [0, 0.05) is 18.3 Å². The van der Waals surface area contributed by atoms with E-state index in [9.17, 15) is 4.79 Å². The summed E-state index contributed by atoms with van der Waals surface area (Å²) in [7, 11) is 0. The van der Waals surface area contributed by atoms with Crippen LogP contribution >= 0.6 is 0 Å². The van der Waals surface area contributed by atoms with Crippen molar-refractivity contribution >= 4 is 11.6 Å². The number of rotatable bonds is 3. The Kier molecular flexibility index (Phi) is 4.37. The van der Waals surface area contributed by atoms with E-state index < -0.39 is 0 Å². The van der Waals surface area contributed by atoms with Crippen molar-refractivity contribution in [3.05, 3.63) is 29.8 Å². The summed E-state index contributed by atoms with van der Waals surface area (Å²) < 4.78 is 0. The number of aryl methyl sites for hydroxylation is 1. The van der Waals surface area contributed by atoms with Gasteiger partial charge in [-0.25, -0.2) is 0 Å². The molecule has 0 saturated carbocycles. The number of anilines is 1. The quantitative estimate of drug-likeness (QED) is 0.860. The van der Waals surface area contributed by atoms with Gasteiger partial charge in [0.05, 0.1) is 5.92 Å². The van der Waals surface area contributed by atoms with E-state index in [4.69, 9.17) is 0 Å². The van der Waals surface area contributed by atoms with Gasteiger partial charge in [-0.3, -0.25) is 4.79 Å². The van der Waals surface area contributed by atoms with Crippen molar-refractivity contribution in [3.8, 4) is 0 Å². The summed E-state index contributed by atoms with van der Waals surface area (Å²) in [6, 6.07) is 8.62. The van der Waals surface area contributed by atoms with E-state index in [0.717, 1.165) is 31.5 Å². The van der Waals surface area contributed by atoms with Gasteiger partial charge in [0.1, 0.15) is 0 Å². The molecule has 1 aromatic rings. The van der Waals surface area contributed by atoms with Crippen LogP contribution in [0.25, 0.3) is 0 Å². The van der Waals surface area contributed by atoms with Crippen LogP contribution in [0.5, 0.6) is 0 Å². The van der Waals surface area contributed by atoms with Crippen LogP contribution in [0.2, 0.25) is 0 Å². The maximum Gasteiger partial charge on any atom is 0.228 e. The molecule has 0 aliphatic carbocycles. The van der Waals surface area contributed by atoms with E-state index in [1.807, 2.05) is 12.1 Å². The highest BCUT2D eigenvalue weighted by molar-refractivity contribution is 5.92. The highest BCUT2D eigenvalue weighted by atomic mass is 16.1. The van der Waals surface area contributed by atoms with Crippen LogP contribution in [0.3, 0.4) is 0 Å². The van der Waals surface area contributed by atoms with Crippen LogP contribution in [0.4, 0.5) is 5.69 Å². The van der Waals surface area contributed by atoms with E-state index in [0.29, 0.717) is 6.04 Å². The molecule has 1 aliphatic heterocycles. The maximum absolute atomic E-state index is 12.1. The van der Waals surface area contributed by atoms with Crippen LogP contribution in [-0.4, -0.2) is 18.5 Å². The van der Waals surface area contributed by atoms with Crippen molar-refractivity contribution in [2.24, 2.45) is 5.92 Å². The van der Waals surface area contributed by atoms with Crippen LogP contribution < -0.4 is 10.6 Å². The first-order valence-electron chi connectivity index (χ1n) is 6.82. The Bertz CT molecular complexity index is 409. The van der Waals surface area contributed by atoms with Gasteiger partial charge in [0.25, 0.3) is 0 Å². The number of carbonyl (C=O) groups excluding carboxylic acids is 1. The molecule has 2 N–H and O–H groups in total. The first-order chi connectivity index (χ1) is 8.69. The second-order valence-electron chi connectivity index (χ2n) is 5.13. The molecule has 98 valence electrons. The minimum atomic E-state index is 0.103. The van der Waals surface area contributed by atoms with Crippen LogP contribution in [0.1, 0.15) is 32.3 Å². The van der Waals surface area contributed by atoms with Gasteiger partial charge in [-0.15, -0.1) is 0 Å². The largest absolute Gasteiger partial charge is 0.326 e. The number of carbonyl (C=O) groups is 1. The minimum Gasteiger partial charge on any atom is -0.326 e. The van der Waals surface area contributed by atoms with Crippen molar-refractivity contribution in [2.75, 3.05) is 11.9 Å². The Morgan fingerprint density at radius 3 is 2.94 bits per heavy atom. The third-order valence-corrected chi connectivity index (χ3v) is 3.63. The number of amides is 1. The van der Waals surface area contributed by atoms with E-state index in [2.05, 4.69) is 36.6 Å². The fourth-order valence-corrected chi connectivity index (χ4v) is 2.34. The van der Waals surface area contributed by atoms with Gasteiger partial charge in [0.15, 0.2) is 0 Å². The molecule has 2 unspecified atom stereocenters. The number of piperidine rings is 1. The molecular formula is C15H22N2O. The molecule has 1 saturated heterocycles. The molecule has 0 aromatic heterocycles. The molecule has 0 radical (unpaired) electrons. The van der Waals surface area contributed by atoms with Crippen molar-refractivity contribution in [2.45, 2.75) is 39.2 Å². The lowest BCUT2D eigenvalue weighted by Gasteiger charge is -2.26. The summed E-state index contributed by atoms with van der Waals surface area (Å²) in [6.07, 6.45) is 3.05. The Hall–Kier alpha value is -1.35. The molecule has 1 aromatic carbocycles. The van der Waals surface area contributed by atoms with Crippen molar-refractivity contribution in [1.29, 1.82) is 0 Å². The Morgan fingerprint density at radius 1 is 1.44 bits per heavy atom. The van der Waals surface area contributed by atoms with E-state index in [1.165, 1.54) is 5.56 Å². The fraction of sp³-hybridized carbons (Fsp3) is 0.533. The lowest BCUT2D eigenvalue weighted by molar-refractivity contribution is -0.120. The van der Waals surface area contributed by atoms with E-state index in [-0.39, 0.29) is 11.8 Å². The SMILES string of the molecule is CCc1cccc(NC(=O)C2CCC(C)NC2)c1. The predicted octanol–water partition coefficient (Wildman–Crippen LogP) is 2.58. The smallest absolute Gasteiger partial charge is 0.228 e. The normalized spacial score (nSPS) is 23.7. The summed E-state index contributed by atoms with van der Waals surface area (Å²) in [6.45, 7) is 5.08. The lowest BCUT2D eigenvalue weighted by Crippen LogP contribution is -2.41. The van der Waals surface area contributed by atoms with E-state index >= 15 is 0 Å². The first kappa shape index (κ1) is 13.1. The molecule has 3 heteroatoms. The predicted molar refractivity (Wildman–Crippen MR) is 74.6 cm³/mol. The maximum atomic E-state index is 12.1. The summed E-state index contributed by atoms with van der Waals surface area (Å²) in [4.78, 5) is 12.1. The van der Waals surface area contributed by atoms with Crippen molar-refractivity contribution in [3.63, 3.8) is 0 Å².